The molecule has 0 atom stereocenters. The van der Waals surface area contributed by atoms with Crippen molar-refractivity contribution in [2.45, 2.75) is 20.8 Å². The number of aromatic nitrogens is 1. The lowest BCUT2D eigenvalue weighted by Crippen LogP contribution is -2.23. The SMILES string of the molecule is C=C(C)/C(=C1\C(=O)C(c2c(C)n(-c3ccc(C#N)cc3)c3ccccc23)=C1O)c1ccccc1C. The summed E-state index contributed by atoms with van der Waals surface area (Å²) in [6.45, 7) is 9.89. The lowest BCUT2D eigenvalue weighted by Gasteiger charge is -2.26. The first kappa shape index (κ1) is 22.2. The van der Waals surface area contributed by atoms with Crippen molar-refractivity contribution in [3.8, 4) is 11.8 Å². The van der Waals surface area contributed by atoms with Gasteiger partial charge in [0.2, 0.25) is 5.78 Å². The number of allylic oxidation sites excluding steroid dienone is 4. The standard InChI is InChI=1S/C31H24N2O2/c1-18(2)26(23-10-6-5-9-19(23)3)28-30(34)29(31(28)35)27-20(4)33(25-12-8-7-11-24(25)27)22-15-13-21(17-32)14-16-22/h5-16,34H,1H2,2-4H3/b28-26+. The molecule has 35 heavy (non-hydrogen) atoms. The number of para-hydroxylation sites is 1. The summed E-state index contributed by atoms with van der Waals surface area (Å²) in [5.74, 6) is -0.184. The van der Waals surface area contributed by atoms with Crippen molar-refractivity contribution in [3.05, 3.63) is 124 Å². The van der Waals surface area contributed by atoms with Crippen LogP contribution in [0.2, 0.25) is 0 Å². The van der Waals surface area contributed by atoms with E-state index in [1.165, 1.54) is 0 Å². The molecule has 1 heterocycles. The molecule has 0 bridgehead atoms. The van der Waals surface area contributed by atoms with E-state index < -0.39 is 0 Å². The third-order valence-electron chi connectivity index (χ3n) is 6.64. The number of aliphatic hydroxyl groups excluding tert-OH is 1. The van der Waals surface area contributed by atoms with Gasteiger partial charge in [-0.25, -0.2) is 0 Å². The molecule has 1 aromatic heterocycles. The Morgan fingerprint density at radius 3 is 2.26 bits per heavy atom. The highest BCUT2D eigenvalue weighted by molar-refractivity contribution is 6.43. The Balaban J connectivity index is 1.77. The number of Topliss-reactive ketones (excluding diaryl/α,β-unsaturated/α-hetero) is 1. The van der Waals surface area contributed by atoms with Crippen molar-refractivity contribution in [3.63, 3.8) is 0 Å². The van der Waals surface area contributed by atoms with E-state index in [2.05, 4.69) is 17.2 Å². The molecular formula is C31H24N2O2. The van der Waals surface area contributed by atoms with Gasteiger partial charge in [0.05, 0.1) is 28.3 Å². The number of ketones is 1. The van der Waals surface area contributed by atoms with E-state index in [0.29, 0.717) is 22.3 Å². The van der Waals surface area contributed by atoms with Gasteiger partial charge in [0, 0.05) is 22.3 Å². The van der Waals surface area contributed by atoms with E-state index >= 15 is 0 Å². The van der Waals surface area contributed by atoms with Crippen LogP contribution in [-0.2, 0) is 4.79 Å². The molecule has 0 aliphatic heterocycles. The monoisotopic (exact) mass is 456 g/mol. The maximum atomic E-state index is 13.7. The van der Waals surface area contributed by atoms with E-state index in [-0.39, 0.29) is 11.5 Å². The molecule has 1 N–H and O–H groups in total. The zero-order chi connectivity index (χ0) is 24.9. The van der Waals surface area contributed by atoms with Crippen LogP contribution in [0.25, 0.3) is 27.7 Å². The quantitative estimate of drug-likeness (QED) is 0.336. The molecule has 0 radical (unpaired) electrons. The number of hydrogen-bond donors (Lipinski definition) is 1. The molecule has 4 heteroatoms. The summed E-state index contributed by atoms with van der Waals surface area (Å²) < 4.78 is 2.06. The van der Waals surface area contributed by atoms with Crippen LogP contribution in [-0.4, -0.2) is 15.5 Å². The highest BCUT2D eigenvalue weighted by Gasteiger charge is 2.40. The fraction of sp³-hybridized carbons (Fsp3) is 0.0968. The van der Waals surface area contributed by atoms with Gasteiger partial charge in [0.1, 0.15) is 5.76 Å². The lowest BCUT2D eigenvalue weighted by atomic mass is 9.76. The average molecular weight is 457 g/mol. The summed E-state index contributed by atoms with van der Waals surface area (Å²) in [4.78, 5) is 13.7. The van der Waals surface area contributed by atoms with Gasteiger partial charge in [0.15, 0.2) is 0 Å². The van der Waals surface area contributed by atoms with Crippen LogP contribution in [0.15, 0.2) is 96.3 Å². The van der Waals surface area contributed by atoms with E-state index in [9.17, 15) is 9.90 Å². The minimum atomic E-state index is -0.186. The fourth-order valence-corrected chi connectivity index (χ4v) is 5.00. The zero-order valence-electron chi connectivity index (χ0n) is 19.9. The van der Waals surface area contributed by atoms with Crippen molar-refractivity contribution in [1.29, 1.82) is 5.26 Å². The van der Waals surface area contributed by atoms with Crippen LogP contribution in [0.4, 0.5) is 0 Å². The van der Waals surface area contributed by atoms with Crippen LogP contribution in [0.1, 0.15) is 34.9 Å². The number of rotatable bonds is 4. The Labute approximate surface area is 204 Å². The topological polar surface area (TPSA) is 66.0 Å². The summed E-state index contributed by atoms with van der Waals surface area (Å²) in [7, 11) is 0. The van der Waals surface area contributed by atoms with Crippen LogP contribution >= 0.6 is 0 Å². The van der Waals surface area contributed by atoms with Crippen LogP contribution < -0.4 is 0 Å². The predicted molar refractivity (Wildman–Crippen MR) is 140 cm³/mol. The molecule has 4 aromatic rings. The van der Waals surface area contributed by atoms with E-state index in [1.807, 2.05) is 81.4 Å². The normalized spacial score (nSPS) is 14.6. The van der Waals surface area contributed by atoms with Crippen LogP contribution in [0.3, 0.4) is 0 Å². The lowest BCUT2D eigenvalue weighted by molar-refractivity contribution is -0.111. The largest absolute Gasteiger partial charge is 0.506 e. The molecule has 0 saturated carbocycles. The number of hydrogen-bond acceptors (Lipinski definition) is 3. The molecule has 4 nitrogen and oxygen atoms in total. The third-order valence-corrected chi connectivity index (χ3v) is 6.64. The highest BCUT2D eigenvalue weighted by Crippen LogP contribution is 2.46. The Morgan fingerprint density at radius 2 is 1.63 bits per heavy atom. The molecular weight excluding hydrogens is 432 g/mol. The van der Waals surface area contributed by atoms with Crippen molar-refractivity contribution in [2.24, 2.45) is 0 Å². The second-order valence-electron chi connectivity index (χ2n) is 8.87. The van der Waals surface area contributed by atoms with E-state index in [1.54, 1.807) is 12.1 Å². The maximum Gasteiger partial charge on any atom is 0.201 e. The van der Waals surface area contributed by atoms with Gasteiger partial charge < -0.3 is 9.67 Å². The smallest absolute Gasteiger partial charge is 0.201 e. The Hall–Kier alpha value is -4.62. The second kappa shape index (κ2) is 8.30. The first-order chi connectivity index (χ1) is 16.8. The summed E-state index contributed by atoms with van der Waals surface area (Å²) in [6, 6.07) is 25.1. The molecule has 3 aromatic carbocycles. The van der Waals surface area contributed by atoms with Crippen molar-refractivity contribution in [1.82, 2.24) is 4.57 Å². The predicted octanol–water partition coefficient (Wildman–Crippen LogP) is 7.00. The number of carbonyl (C=O) groups is 1. The maximum absolute atomic E-state index is 13.7. The van der Waals surface area contributed by atoms with Crippen molar-refractivity contribution < 1.29 is 9.90 Å². The number of fused-ring (bicyclic) bond motifs is 1. The highest BCUT2D eigenvalue weighted by atomic mass is 16.3. The minimum absolute atomic E-state index is 0.00193. The van der Waals surface area contributed by atoms with E-state index in [0.717, 1.165) is 44.5 Å². The van der Waals surface area contributed by atoms with E-state index in [4.69, 9.17) is 5.26 Å². The van der Waals surface area contributed by atoms with Gasteiger partial charge in [-0.15, -0.1) is 0 Å². The molecule has 0 fully saturated rings. The van der Waals surface area contributed by atoms with Crippen LogP contribution in [0.5, 0.6) is 0 Å². The number of nitriles is 1. The molecule has 1 aliphatic carbocycles. The van der Waals surface area contributed by atoms with Gasteiger partial charge in [0.25, 0.3) is 0 Å². The van der Waals surface area contributed by atoms with Crippen LogP contribution in [0, 0.1) is 25.2 Å². The summed E-state index contributed by atoms with van der Waals surface area (Å²) in [6.07, 6.45) is 0. The van der Waals surface area contributed by atoms with Gasteiger partial charge in [-0.05, 0) is 73.4 Å². The van der Waals surface area contributed by atoms with Gasteiger partial charge in [-0.3, -0.25) is 4.79 Å². The average Bonchev–Trinajstić information content (AvgIpc) is 3.14. The number of aliphatic hydroxyl groups is 1. The first-order valence-electron chi connectivity index (χ1n) is 11.4. The van der Waals surface area contributed by atoms with Gasteiger partial charge >= 0.3 is 0 Å². The summed E-state index contributed by atoms with van der Waals surface area (Å²) in [5, 5.41) is 21.4. The van der Waals surface area contributed by atoms with Gasteiger partial charge in [-0.1, -0.05) is 49.0 Å². The van der Waals surface area contributed by atoms with Gasteiger partial charge in [-0.2, -0.15) is 5.26 Å². The first-order valence-corrected chi connectivity index (χ1v) is 11.4. The van der Waals surface area contributed by atoms with Crippen molar-refractivity contribution in [2.75, 3.05) is 0 Å². The minimum Gasteiger partial charge on any atom is -0.506 e. The summed E-state index contributed by atoms with van der Waals surface area (Å²) >= 11 is 0. The third kappa shape index (κ3) is 3.33. The number of carbonyl (C=O) groups excluding carboxylic acids is 1. The number of aryl methyl sites for hydroxylation is 1. The number of nitrogens with zero attached hydrogens (tertiary/aromatic N) is 2. The summed E-state index contributed by atoms with van der Waals surface area (Å²) in [5.41, 5.74) is 7.92. The molecule has 0 saturated heterocycles. The number of benzene rings is 3. The Morgan fingerprint density at radius 1 is 0.971 bits per heavy atom. The fourth-order valence-electron chi connectivity index (χ4n) is 5.00. The zero-order valence-corrected chi connectivity index (χ0v) is 19.9. The Bertz CT molecular complexity index is 1650. The molecule has 0 unspecified atom stereocenters. The molecule has 1 aliphatic rings. The molecule has 0 spiro atoms. The van der Waals surface area contributed by atoms with Crippen molar-refractivity contribution >= 4 is 27.8 Å². The molecule has 170 valence electrons. The molecule has 5 rings (SSSR count). The Kier molecular flexibility index (Phi) is 5.26. The molecule has 0 amide bonds. The second-order valence-corrected chi connectivity index (χ2v) is 8.87.